The summed E-state index contributed by atoms with van der Waals surface area (Å²) in [5, 5.41) is 8.95. The van der Waals surface area contributed by atoms with Gasteiger partial charge in [0.15, 0.2) is 0 Å². The van der Waals surface area contributed by atoms with E-state index in [9.17, 15) is 4.79 Å². The summed E-state index contributed by atoms with van der Waals surface area (Å²) in [6, 6.07) is 1.67. The van der Waals surface area contributed by atoms with Gasteiger partial charge in [-0.3, -0.25) is 4.79 Å². The summed E-state index contributed by atoms with van der Waals surface area (Å²) in [7, 11) is 1.58. The number of carbonyl (C=O) groups is 1. The van der Waals surface area contributed by atoms with E-state index < -0.39 is 0 Å². The second-order valence-corrected chi connectivity index (χ2v) is 3.62. The van der Waals surface area contributed by atoms with Crippen LogP contribution in [0.2, 0.25) is 0 Å². The van der Waals surface area contributed by atoms with E-state index in [1.54, 1.807) is 18.1 Å². The van der Waals surface area contributed by atoms with Crippen LogP contribution in [0.15, 0.2) is 16.7 Å². The molecule has 0 spiro atoms. The number of rotatable bonds is 7. The quantitative estimate of drug-likeness (QED) is 0.771. The largest absolute Gasteiger partial charge is 0.469 e. The summed E-state index contributed by atoms with van der Waals surface area (Å²) in [5.41, 5.74) is 0.567. The minimum atomic E-state index is -0.123. The maximum Gasteiger partial charge on any atom is 0.257 e. The van der Waals surface area contributed by atoms with Crippen LogP contribution in [0.1, 0.15) is 23.0 Å². The Morgan fingerprint density at radius 1 is 1.53 bits per heavy atom. The third-order valence-corrected chi connectivity index (χ3v) is 2.52. The fraction of sp³-hybridized carbons (Fsp3) is 0.583. The summed E-state index contributed by atoms with van der Waals surface area (Å²) in [6.07, 6.45) is 2.19. The highest BCUT2D eigenvalue weighted by Gasteiger charge is 2.19. The average Bonchev–Trinajstić information content (AvgIpc) is 2.81. The van der Waals surface area contributed by atoms with Crippen molar-refractivity contribution < 1.29 is 19.1 Å². The fourth-order valence-corrected chi connectivity index (χ4v) is 1.61. The first-order valence-corrected chi connectivity index (χ1v) is 5.70. The third-order valence-electron chi connectivity index (χ3n) is 2.52. The Kier molecular flexibility index (Phi) is 5.72. The molecule has 0 saturated carbocycles. The van der Waals surface area contributed by atoms with Gasteiger partial charge in [0.1, 0.15) is 5.76 Å². The van der Waals surface area contributed by atoms with Gasteiger partial charge in [-0.2, -0.15) is 0 Å². The van der Waals surface area contributed by atoms with Crippen molar-refractivity contribution in [2.45, 2.75) is 13.3 Å². The highest BCUT2D eigenvalue weighted by Crippen LogP contribution is 2.13. The Labute approximate surface area is 101 Å². The Hall–Kier alpha value is -1.33. The van der Waals surface area contributed by atoms with E-state index in [0.29, 0.717) is 37.4 Å². The Morgan fingerprint density at radius 3 is 2.88 bits per heavy atom. The lowest BCUT2D eigenvalue weighted by molar-refractivity contribution is 0.0654. The topological polar surface area (TPSA) is 62.9 Å². The summed E-state index contributed by atoms with van der Waals surface area (Å²) in [5.74, 6) is 0.553. The van der Waals surface area contributed by atoms with Crippen LogP contribution in [-0.4, -0.2) is 49.3 Å². The average molecular weight is 241 g/mol. The summed E-state index contributed by atoms with van der Waals surface area (Å²) in [4.78, 5) is 13.7. The van der Waals surface area contributed by atoms with E-state index in [1.165, 1.54) is 6.26 Å². The number of hydrogen-bond donors (Lipinski definition) is 1. The van der Waals surface area contributed by atoms with Crippen LogP contribution in [0.3, 0.4) is 0 Å². The molecule has 0 fully saturated rings. The van der Waals surface area contributed by atoms with Gasteiger partial charge in [-0.15, -0.1) is 0 Å². The molecule has 17 heavy (non-hydrogen) atoms. The van der Waals surface area contributed by atoms with Crippen LogP contribution < -0.4 is 0 Å². The van der Waals surface area contributed by atoms with Crippen molar-refractivity contribution in [1.82, 2.24) is 4.90 Å². The van der Waals surface area contributed by atoms with E-state index in [2.05, 4.69) is 0 Å². The summed E-state index contributed by atoms with van der Waals surface area (Å²) >= 11 is 0. The molecule has 0 aromatic carbocycles. The van der Waals surface area contributed by atoms with Gasteiger partial charge in [0.05, 0.1) is 25.0 Å². The van der Waals surface area contributed by atoms with Crippen molar-refractivity contribution in [3.63, 3.8) is 0 Å². The number of nitrogens with zero attached hydrogens (tertiary/aromatic N) is 1. The minimum Gasteiger partial charge on any atom is -0.469 e. The van der Waals surface area contributed by atoms with Crippen molar-refractivity contribution in [2.75, 3.05) is 33.4 Å². The summed E-state index contributed by atoms with van der Waals surface area (Å²) in [6.45, 7) is 3.09. The molecule has 0 radical (unpaired) electrons. The number of aliphatic hydroxyl groups is 1. The van der Waals surface area contributed by atoms with E-state index in [1.807, 2.05) is 6.92 Å². The Morgan fingerprint density at radius 2 is 2.29 bits per heavy atom. The van der Waals surface area contributed by atoms with Gasteiger partial charge in [0.2, 0.25) is 0 Å². The monoisotopic (exact) mass is 241 g/mol. The van der Waals surface area contributed by atoms with E-state index in [-0.39, 0.29) is 12.5 Å². The van der Waals surface area contributed by atoms with E-state index in [4.69, 9.17) is 14.3 Å². The Balaban J connectivity index is 2.76. The van der Waals surface area contributed by atoms with Crippen molar-refractivity contribution in [1.29, 1.82) is 0 Å². The van der Waals surface area contributed by atoms with Gasteiger partial charge in [0.25, 0.3) is 5.91 Å². The lowest BCUT2D eigenvalue weighted by Crippen LogP contribution is -2.36. The SMILES string of the molecule is CCc1occc1C(=O)N(CCO)CCOC. The zero-order valence-electron chi connectivity index (χ0n) is 10.3. The number of amides is 1. The number of aliphatic hydroxyl groups excluding tert-OH is 1. The first-order chi connectivity index (χ1) is 8.24. The Bertz CT molecular complexity index is 348. The van der Waals surface area contributed by atoms with E-state index >= 15 is 0 Å². The summed E-state index contributed by atoms with van der Waals surface area (Å²) < 4.78 is 10.2. The van der Waals surface area contributed by atoms with E-state index in [0.717, 1.165) is 0 Å². The highest BCUT2D eigenvalue weighted by molar-refractivity contribution is 5.95. The zero-order valence-corrected chi connectivity index (χ0v) is 10.3. The van der Waals surface area contributed by atoms with Crippen LogP contribution in [0, 0.1) is 0 Å². The minimum absolute atomic E-state index is 0.0607. The zero-order chi connectivity index (χ0) is 12.7. The predicted molar refractivity (Wildman–Crippen MR) is 63.0 cm³/mol. The molecular formula is C12H19NO4. The van der Waals surface area contributed by atoms with Gasteiger partial charge in [-0.05, 0) is 6.07 Å². The van der Waals surface area contributed by atoms with Crippen LogP contribution in [0.25, 0.3) is 0 Å². The molecule has 5 heteroatoms. The van der Waals surface area contributed by atoms with Crippen molar-refractivity contribution in [3.05, 3.63) is 23.7 Å². The first kappa shape index (κ1) is 13.7. The molecule has 0 aliphatic carbocycles. The molecule has 1 rings (SSSR count). The number of hydrogen-bond acceptors (Lipinski definition) is 4. The molecule has 0 unspecified atom stereocenters. The second kappa shape index (κ2) is 7.09. The number of furan rings is 1. The predicted octanol–water partition coefficient (Wildman–Crippen LogP) is 0.923. The van der Waals surface area contributed by atoms with Crippen molar-refractivity contribution in [3.8, 4) is 0 Å². The molecule has 0 atom stereocenters. The molecule has 0 saturated heterocycles. The third kappa shape index (κ3) is 3.57. The van der Waals surface area contributed by atoms with Gasteiger partial charge in [-0.25, -0.2) is 0 Å². The molecule has 1 heterocycles. The first-order valence-electron chi connectivity index (χ1n) is 5.70. The van der Waals surface area contributed by atoms with Crippen LogP contribution in [-0.2, 0) is 11.2 Å². The number of methoxy groups -OCH3 is 1. The molecule has 0 aliphatic heterocycles. The van der Waals surface area contributed by atoms with Crippen LogP contribution in [0.4, 0.5) is 0 Å². The highest BCUT2D eigenvalue weighted by atomic mass is 16.5. The molecule has 0 bridgehead atoms. The number of ether oxygens (including phenoxy) is 1. The van der Waals surface area contributed by atoms with Gasteiger partial charge in [0, 0.05) is 26.6 Å². The van der Waals surface area contributed by atoms with Gasteiger partial charge in [-0.1, -0.05) is 6.92 Å². The molecule has 0 aliphatic rings. The molecule has 1 aromatic heterocycles. The van der Waals surface area contributed by atoms with Crippen molar-refractivity contribution in [2.24, 2.45) is 0 Å². The van der Waals surface area contributed by atoms with Crippen LogP contribution >= 0.6 is 0 Å². The molecule has 96 valence electrons. The maximum atomic E-state index is 12.2. The fourth-order valence-electron chi connectivity index (χ4n) is 1.61. The number of carbonyl (C=O) groups excluding carboxylic acids is 1. The standard InChI is InChI=1S/C12H19NO4/c1-3-11-10(4-8-17-11)12(15)13(5-7-14)6-9-16-2/h4,8,14H,3,5-7,9H2,1-2H3. The van der Waals surface area contributed by atoms with Gasteiger partial charge < -0.3 is 19.2 Å². The molecule has 1 aromatic rings. The van der Waals surface area contributed by atoms with Gasteiger partial charge >= 0.3 is 0 Å². The lowest BCUT2D eigenvalue weighted by atomic mass is 10.2. The molecule has 1 amide bonds. The smallest absolute Gasteiger partial charge is 0.257 e. The van der Waals surface area contributed by atoms with Crippen LogP contribution in [0.5, 0.6) is 0 Å². The number of aryl methyl sites for hydroxylation is 1. The lowest BCUT2D eigenvalue weighted by Gasteiger charge is -2.21. The molecule has 5 nitrogen and oxygen atoms in total. The maximum absolute atomic E-state index is 12.2. The molecule has 1 N–H and O–H groups in total. The van der Waals surface area contributed by atoms with Crippen molar-refractivity contribution >= 4 is 5.91 Å². The second-order valence-electron chi connectivity index (χ2n) is 3.62. The molecular weight excluding hydrogens is 222 g/mol. The normalized spacial score (nSPS) is 10.5.